The van der Waals surface area contributed by atoms with Gasteiger partial charge in [0.1, 0.15) is 5.75 Å². The van der Waals surface area contributed by atoms with Crippen molar-refractivity contribution in [2.45, 2.75) is 19.8 Å². The van der Waals surface area contributed by atoms with Crippen LogP contribution in [0.25, 0.3) is 0 Å². The third-order valence-electron chi connectivity index (χ3n) is 4.04. The summed E-state index contributed by atoms with van der Waals surface area (Å²) in [4.78, 5) is 14.5. The fourth-order valence-corrected chi connectivity index (χ4v) is 3.05. The second-order valence-corrected chi connectivity index (χ2v) is 6.45. The lowest BCUT2D eigenvalue weighted by Crippen LogP contribution is -2.24. The van der Waals surface area contributed by atoms with Gasteiger partial charge >= 0.3 is 0 Å². The highest BCUT2D eigenvalue weighted by Gasteiger charge is 2.17. The number of hydrogen-bond donors (Lipinski definition) is 1. The number of ether oxygens (including phenoxy) is 1. The summed E-state index contributed by atoms with van der Waals surface area (Å²) in [6, 6.07) is 13.3. The Labute approximate surface area is 147 Å². The lowest BCUT2D eigenvalue weighted by atomic mass is 10.2. The molecule has 126 valence electrons. The number of anilines is 2. The first-order valence-corrected chi connectivity index (χ1v) is 8.53. The van der Waals surface area contributed by atoms with Gasteiger partial charge in [-0.3, -0.25) is 4.79 Å². The summed E-state index contributed by atoms with van der Waals surface area (Å²) in [6.45, 7) is 3.96. The molecule has 0 aromatic heterocycles. The van der Waals surface area contributed by atoms with Crippen molar-refractivity contribution in [1.82, 2.24) is 0 Å². The Balaban J connectivity index is 1.66. The molecule has 1 amide bonds. The van der Waals surface area contributed by atoms with Gasteiger partial charge in [-0.05, 0) is 55.7 Å². The van der Waals surface area contributed by atoms with Gasteiger partial charge in [-0.2, -0.15) is 0 Å². The lowest BCUT2D eigenvalue weighted by Gasteiger charge is -2.22. The molecule has 2 aromatic rings. The van der Waals surface area contributed by atoms with Gasteiger partial charge in [-0.25, -0.2) is 0 Å². The quantitative estimate of drug-likeness (QED) is 0.880. The molecular weight excluding hydrogens is 324 g/mol. The smallest absolute Gasteiger partial charge is 0.262 e. The highest BCUT2D eigenvalue weighted by atomic mass is 35.5. The molecule has 0 atom stereocenters. The minimum atomic E-state index is -0.195. The van der Waals surface area contributed by atoms with E-state index in [0.29, 0.717) is 10.8 Å². The molecule has 1 fully saturated rings. The van der Waals surface area contributed by atoms with Gasteiger partial charge in [0.15, 0.2) is 6.61 Å². The van der Waals surface area contributed by atoms with Crippen molar-refractivity contribution in [3.63, 3.8) is 0 Å². The average molecular weight is 345 g/mol. The Hall–Kier alpha value is -2.20. The number of carbonyl (C=O) groups excluding carboxylic acids is 1. The molecule has 4 nitrogen and oxygen atoms in total. The molecule has 0 aliphatic carbocycles. The normalized spacial score (nSPS) is 13.8. The van der Waals surface area contributed by atoms with Crippen LogP contribution in [0.1, 0.15) is 18.4 Å². The van der Waals surface area contributed by atoms with E-state index < -0.39 is 0 Å². The van der Waals surface area contributed by atoms with Crippen LogP contribution >= 0.6 is 11.6 Å². The van der Waals surface area contributed by atoms with E-state index >= 15 is 0 Å². The number of carbonyl (C=O) groups is 1. The summed E-state index contributed by atoms with van der Waals surface area (Å²) in [7, 11) is 0. The molecule has 3 rings (SSSR count). The molecule has 0 spiro atoms. The number of benzene rings is 2. The van der Waals surface area contributed by atoms with Gasteiger partial charge in [-0.15, -0.1) is 0 Å². The zero-order chi connectivity index (χ0) is 16.9. The van der Waals surface area contributed by atoms with Crippen LogP contribution in [0.3, 0.4) is 0 Å². The number of halogens is 1. The van der Waals surface area contributed by atoms with E-state index in [1.165, 1.54) is 12.8 Å². The van der Waals surface area contributed by atoms with E-state index in [1.807, 2.05) is 43.3 Å². The molecule has 24 heavy (non-hydrogen) atoms. The fourth-order valence-electron chi connectivity index (χ4n) is 2.88. The molecule has 2 aromatic carbocycles. The standard InChI is InChI=1S/C19H21ClN2O2/c1-14-5-4-6-16(11-14)24-13-19(23)21-17-12-15(20)7-8-18(17)22-9-2-3-10-22/h4-8,11-12H,2-3,9-10,13H2,1H3,(H,21,23). The number of nitrogens with one attached hydrogen (secondary N) is 1. The molecule has 1 heterocycles. The Kier molecular flexibility index (Phi) is 5.26. The van der Waals surface area contributed by atoms with Gasteiger partial charge in [0.2, 0.25) is 0 Å². The van der Waals surface area contributed by atoms with Crippen LogP contribution in [0.4, 0.5) is 11.4 Å². The predicted octanol–water partition coefficient (Wildman–Crippen LogP) is 4.27. The Morgan fingerprint density at radius 1 is 1.21 bits per heavy atom. The van der Waals surface area contributed by atoms with Crippen LogP contribution in [-0.4, -0.2) is 25.6 Å². The van der Waals surface area contributed by atoms with E-state index in [0.717, 1.165) is 30.0 Å². The van der Waals surface area contributed by atoms with Crippen molar-refractivity contribution in [1.29, 1.82) is 0 Å². The second kappa shape index (κ2) is 7.58. The third kappa shape index (κ3) is 4.20. The predicted molar refractivity (Wildman–Crippen MR) is 98.2 cm³/mol. The summed E-state index contributed by atoms with van der Waals surface area (Å²) in [5.74, 6) is 0.496. The molecule has 1 N–H and O–H groups in total. The van der Waals surface area contributed by atoms with E-state index in [4.69, 9.17) is 16.3 Å². The molecule has 1 aliphatic rings. The molecule has 1 aliphatic heterocycles. The van der Waals surface area contributed by atoms with Crippen LogP contribution in [0.5, 0.6) is 5.75 Å². The molecule has 0 saturated carbocycles. The molecule has 0 bridgehead atoms. The highest BCUT2D eigenvalue weighted by Crippen LogP contribution is 2.31. The van der Waals surface area contributed by atoms with Crippen molar-refractivity contribution in [3.05, 3.63) is 53.1 Å². The first-order valence-electron chi connectivity index (χ1n) is 8.15. The zero-order valence-electron chi connectivity index (χ0n) is 13.7. The number of amides is 1. The van der Waals surface area contributed by atoms with Crippen LogP contribution in [-0.2, 0) is 4.79 Å². The first kappa shape index (κ1) is 16.7. The van der Waals surface area contributed by atoms with Crippen LogP contribution in [0, 0.1) is 6.92 Å². The SMILES string of the molecule is Cc1cccc(OCC(=O)Nc2cc(Cl)ccc2N2CCCC2)c1. The highest BCUT2D eigenvalue weighted by molar-refractivity contribution is 6.31. The first-order chi connectivity index (χ1) is 11.6. The summed E-state index contributed by atoms with van der Waals surface area (Å²) in [5.41, 5.74) is 2.85. The van der Waals surface area contributed by atoms with Crippen molar-refractivity contribution >= 4 is 28.9 Å². The largest absolute Gasteiger partial charge is 0.484 e. The molecule has 5 heteroatoms. The summed E-state index contributed by atoms with van der Waals surface area (Å²) in [5, 5.41) is 3.53. The van der Waals surface area contributed by atoms with Gasteiger partial charge in [0, 0.05) is 18.1 Å². The Morgan fingerprint density at radius 2 is 2.00 bits per heavy atom. The second-order valence-electron chi connectivity index (χ2n) is 6.01. The molecule has 0 radical (unpaired) electrons. The van der Waals surface area contributed by atoms with Crippen LogP contribution in [0.15, 0.2) is 42.5 Å². The molecular formula is C19H21ClN2O2. The van der Waals surface area contributed by atoms with Crippen molar-refractivity contribution in [3.8, 4) is 5.75 Å². The minimum Gasteiger partial charge on any atom is -0.484 e. The molecule has 0 unspecified atom stereocenters. The van der Waals surface area contributed by atoms with Gasteiger partial charge in [0.25, 0.3) is 5.91 Å². The van der Waals surface area contributed by atoms with Gasteiger partial charge in [0.05, 0.1) is 11.4 Å². The number of nitrogens with zero attached hydrogens (tertiary/aromatic N) is 1. The van der Waals surface area contributed by atoms with E-state index in [9.17, 15) is 4.79 Å². The maximum absolute atomic E-state index is 12.3. The third-order valence-corrected chi connectivity index (χ3v) is 4.27. The Bertz CT molecular complexity index is 727. The molecule has 1 saturated heterocycles. The summed E-state index contributed by atoms with van der Waals surface area (Å²) < 4.78 is 5.56. The zero-order valence-corrected chi connectivity index (χ0v) is 14.5. The van der Waals surface area contributed by atoms with Crippen LogP contribution < -0.4 is 15.0 Å². The lowest BCUT2D eigenvalue weighted by molar-refractivity contribution is -0.118. The fraction of sp³-hybridized carbons (Fsp3) is 0.316. The van der Waals surface area contributed by atoms with Gasteiger partial charge in [-0.1, -0.05) is 23.7 Å². The maximum atomic E-state index is 12.3. The van der Waals surface area contributed by atoms with Crippen molar-refractivity contribution in [2.75, 3.05) is 29.9 Å². The van der Waals surface area contributed by atoms with E-state index in [1.54, 1.807) is 6.07 Å². The Morgan fingerprint density at radius 3 is 2.75 bits per heavy atom. The average Bonchev–Trinajstić information content (AvgIpc) is 3.07. The van der Waals surface area contributed by atoms with Crippen LogP contribution in [0.2, 0.25) is 5.02 Å². The number of aryl methyl sites for hydroxylation is 1. The van der Waals surface area contributed by atoms with Crippen molar-refractivity contribution < 1.29 is 9.53 Å². The maximum Gasteiger partial charge on any atom is 0.262 e. The minimum absolute atomic E-state index is 0.0323. The summed E-state index contributed by atoms with van der Waals surface area (Å²) in [6.07, 6.45) is 2.35. The van der Waals surface area contributed by atoms with Crippen molar-refractivity contribution in [2.24, 2.45) is 0 Å². The monoisotopic (exact) mass is 344 g/mol. The topological polar surface area (TPSA) is 41.6 Å². The van der Waals surface area contributed by atoms with E-state index in [-0.39, 0.29) is 12.5 Å². The van der Waals surface area contributed by atoms with E-state index in [2.05, 4.69) is 10.2 Å². The summed E-state index contributed by atoms with van der Waals surface area (Å²) >= 11 is 6.10. The number of rotatable bonds is 5. The van der Waals surface area contributed by atoms with Gasteiger partial charge < -0.3 is 15.0 Å². The number of hydrogen-bond acceptors (Lipinski definition) is 3.